The zero-order valence-electron chi connectivity index (χ0n) is 21.1. The number of ether oxygens (including phenoxy) is 1. The molecule has 0 atom stereocenters. The van der Waals surface area contributed by atoms with Crippen molar-refractivity contribution >= 4 is 21.4 Å². The van der Waals surface area contributed by atoms with Crippen LogP contribution >= 0.6 is 11.6 Å². The summed E-state index contributed by atoms with van der Waals surface area (Å²) in [5.74, 6) is 0.444. The van der Waals surface area contributed by atoms with Crippen LogP contribution in [-0.4, -0.2) is 39.3 Å². The van der Waals surface area contributed by atoms with E-state index in [1.54, 1.807) is 18.2 Å². The smallest absolute Gasteiger partial charge is 0.417 e. The van der Waals surface area contributed by atoms with Gasteiger partial charge in [0.1, 0.15) is 5.75 Å². The predicted octanol–water partition coefficient (Wildman–Crippen LogP) is 7.01. The molecule has 4 nitrogen and oxygen atoms in total. The van der Waals surface area contributed by atoms with Crippen LogP contribution in [0.3, 0.4) is 0 Å². The quantitative estimate of drug-likeness (QED) is 0.240. The largest absolute Gasteiger partial charge is 0.494 e. The van der Waals surface area contributed by atoms with E-state index in [-0.39, 0.29) is 21.9 Å². The molecule has 0 aliphatic carbocycles. The molecule has 0 aromatic heterocycles. The maximum absolute atomic E-state index is 13.4. The number of hydrogen-bond donors (Lipinski definition) is 0. The lowest BCUT2D eigenvalue weighted by Crippen LogP contribution is -2.37. The monoisotopic (exact) mass is 553 g/mol. The average Bonchev–Trinajstić information content (AvgIpc) is 2.82. The van der Waals surface area contributed by atoms with Gasteiger partial charge < -0.3 is 4.74 Å². The van der Waals surface area contributed by atoms with Crippen molar-refractivity contribution < 1.29 is 26.3 Å². The van der Waals surface area contributed by atoms with Gasteiger partial charge in [-0.25, -0.2) is 8.42 Å². The van der Waals surface area contributed by atoms with Gasteiger partial charge in [-0.2, -0.15) is 13.2 Å². The molecule has 0 aliphatic rings. The fourth-order valence-electron chi connectivity index (χ4n) is 4.19. The Bertz CT molecular complexity index is 1300. The molecule has 0 unspecified atom stereocenters. The van der Waals surface area contributed by atoms with Crippen molar-refractivity contribution in [1.82, 2.24) is 4.90 Å². The van der Waals surface area contributed by atoms with Crippen molar-refractivity contribution in [3.05, 3.63) is 94.5 Å². The molecule has 9 heteroatoms. The van der Waals surface area contributed by atoms with E-state index in [2.05, 4.69) is 18.7 Å². The summed E-state index contributed by atoms with van der Waals surface area (Å²) < 4.78 is 69.6. The van der Waals surface area contributed by atoms with Crippen LogP contribution in [0, 0.1) is 0 Å². The highest BCUT2D eigenvalue weighted by Crippen LogP contribution is 2.37. The zero-order chi connectivity index (χ0) is 27.3. The van der Waals surface area contributed by atoms with Crippen LogP contribution in [0.15, 0.2) is 77.7 Å². The fraction of sp³-hybridized carbons (Fsp3) is 0.357. The number of alkyl halides is 3. The first-order valence-corrected chi connectivity index (χ1v) is 14.1. The maximum atomic E-state index is 13.4. The minimum atomic E-state index is -4.53. The van der Waals surface area contributed by atoms with Crippen LogP contribution in [0.2, 0.25) is 5.02 Å². The van der Waals surface area contributed by atoms with E-state index in [4.69, 9.17) is 16.3 Å². The van der Waals surface area contributed by atoms with Crippen molar-refractivity contribution in [3.63, 3.8) is 0 Å². The van der Waals surface area contributed by atoms with Crippen LogP contribution in [0.1, 0.15) is 37.0 Å². The van der Waals surface area contributed by atoms with Gasteiger partial charge in [-0.05, 0) is 41.8 Å². The molecule has 3 aromatic rings. The molecule has 0 saturated heterocycles. The van der Waals surface area contributed by atoms with Gasteiger partial charge in [0.25, 0.3) is 0 Å². The van der Waals surface area contributed by atoms with E-state index in [1.165, 1.54) is 18.2 Å². The van der Waals surface area contributed by atoms with Crippen LogP contribution in [0.4, 0.5) is 13.2 Å². The van der Waals surface area contributed by atoms with Crippen molar-refractivity contribution in [2.75, 3.05) is 26.0 Å². The lowest BCUT2D eigenvalue weighted by molar-refractivity contribution is -0.137. The number of sulfone groups is 1. The summed E-state index contributed by atoms with van der Waals surface area (Å²) in [5, 5.41) is -0.286. The van der Waals surface area contributed by atoms with E-state index in [0.29, 0.717) is 37.4 Å². The number of rotatable bonds is 11. The van der Waals surface area contributed by atoms with Crippen molar-refractivity contribution in [2.24, 2.45) is 0 Å². The summed E-state index contributed by atoms with van der Waals surface area (Å²) in [7, 11) is -3.35. The first kappa shape index (κ1) is 29.0. The molecule has 0 fully saturated rings. The molecular weight excluding hydrogens is 523 g/mol. The number of benzene rings is 3. The molecule has 3 aromatic carbocycles. The Morgan fingerprint density at radius 3 is 2.27 bits per heavy atom. The van der Waals surface area contributed by atoms with Gasteiger partial charge in [-0.3, -0.25) is 4.90 Å². The fourth-order valence-corrected chi connectivity index (χ4v) is 5.14. The standard InChI is InChI=1S/C28H31ClF3NO3S/c1-27(2,22-11-5-4-6-12-22)20-33(19-21-10-7-15-25(26(21)29)28(30,31)32)16-9-17-36-23-13-8-14-24(18-23)37(3,34)35/h4-8,10-15,18H,9,16-17,19-20H2,1-3H3. The molecule has 0 heterocycles. The summed E-state index contributed by atoms with van der Waals surface area (Å²) in [4.78, 5) is 2.25. The van der Waals surface area contributed by atoms with Crippen LogP contribution in [0.5, 0.6) is 5.75 Å². The summed E-state index contributed by atoms with van der Waals surface area (Å²) >= 11 is 6.20. The van der Waals surface area contributed by atoms with E-state index < -0.39 is 21.6 Å². The highest BCUT2D eigenvalue weighted by molar-refractivity contribution is 7.90. The van der Waals surface area contributed by atoms with Gasteiger partial charge in [-0.15, -0.1) is 0 Å². The summed E-state index contributed by atoms with van der Waals surface area (Å²) in [6, 6.07) is 20.2. The van der Waals surface area contributed by atoms with Gasteiger partial charge in [0.15, 0.2) is 9.84 Å². The Morgan fingerprint density at radius 2 is 1.62 bits per heavy atom. The van der Waals surface area contributed by atoms with E-state index >= 15 is 0 Å². The van der Waals surface area contributed by atoms with Gasteiger partial charge in [0.2, 0.25) is 0 Å². The first-order chi connectivity index (χ1) is 17.3. The van der Waals surface area contributed by atoms with E-state index in [1.807, 2.05) is 30.3 Å². The second-order valence-corrected chi connectivity index (χ2v) is 12.1. The molecular formula is C28H31ClF3NO3S. The highest BCUT2D eigenvalue weighted by Gasteiger charge is 2.34. The molecule has 0 radical (unpaired) electrons. The van der Waals surface area contributed by atoms with Gasteiger partial charge in [-0.1, -0.05) is 74.0 Å². The van der Waals surface area contributed by atoms with Gasteiger partial charge >= 0.3 is 6.18 Å². The normalized spacial score (nSPS) is 12.6. The predicted molar refractivity (Wildman–Crippen MR) is 141 cm³/mol. The average molecular weight is 554 g/mol. The second kappa shape index (κ2) is 11.9. The molecule has 0 spiro atoms. The number of hydrogen-bond acceptors (Lipinski definition) is 4. The Labute approximate surface area is 221 Å². The third kappa shape index (κ3) is 8.22. The molecule has 200 valence electrons. The van der Waals surface area contributed by atoms with E-state index in [0.717, 1.165) is 17.9 Å². The third-order valence-electron chi connectivity index (χ3n) is 6.07. The lowest BCUT2D eigenvalue weighted by Gasteiger charge is -2.33. The van der Waals surface area contributed by atoms with Crippen LogP contribution in [-0.2, 0) is 28.0 Å². The molecule has 0 bridgehead atoms. The van der Waals surface area contributed by atoms with Crippen LogP contribution < -0.4 is 4.74 Å². The Balaban J connectivity index is 1.75. The summed E-state index contributed by atoms with van der Waals surface area (Å²) in [6.07, 6.45) is -2.82. The Hall–Kier alpha value is -2.55. The van der Waals surface area contributed by atoms with Crippen LogP contribution in [0.25, 0.3) is 0 Å². The third-order valence-corrected chi connectivity index (χ3v) is 7.63. The minimum absolute atomic E-state index is 0.176. The number of nitrogens with zero attached hydrogens (tertiary/aromatic N) is 1. The van der Waals surface area contributed by atoms with Crippen molar-refractivity contribution in [1.29, 1.82) is 0 Å². The molecule has 0 aliphatic heterocycles. The lowest BCUT2D eigenvalue weighted by atomic mass is 9.84. The van der Waals surface area contributed by atoms with E-state index in [9.17, 15) is 21.6 Å². The molecule has 0 saturated carbocycles. The molecule has 0 N–H and O–H groups in total. The Kier molecular flexibility index (Phi) is 9.32. The zero-order valence-corrected chi connectivity index (χ0v) is 22.6. The maximum Gasteiger partial charge on any atom is 0.417 e. The van der Waals surface area contributed by atoms with Crippen molar-refractivity contribution in [2.45, 2.75) is 43.3 Å². The minimum Gasteiger partial charge on any atom is -0.494 e. The topological polar surface area (TPSA) is 46.6 Å². The second-order valence-electron chi connectivity index (χ2n) is 9.69. The number of halogens is 4. The summed E-state index contributed by atoms with van der Waals surface area (Å²) in [6.45, 7) is 5.85. The van der Waals surface area contributed by atoms with Crippen molar-refractivity contribution in [3.8, 4) is 5.75 Å². The highest BCUT2D eigenvalue weighted by atomic mass is 35.5. The molecule has 37 heavy (non-hydrogen) atoms. The Morgan fingerprint density at radius 1 is 0.946 bits per heavy atom. The van der Waals surface area contributed by atoms with Gasteiger partial charge in [0, 0.05) is 31.3 Å². The van der Waals surface area contributed by atoms with Gasteiger partial charge in [0.05, 0.1) is 22.1 Å². The molecule has 0 amide bonds. The SMILES string of the molecule is CC(C)(CN(CCCOc1cccc(S(C)(=O)=O)c1)Cc1cccc(C(F)(F)F)c1Cl)c1ccccc1. The summed E-state index contributed by atoms with van der Waals surface area (Å²) in [5.41, 5.74) is 0.397. The molecule has 3 rings (SSSR count). The first-order valence-electron chi connectivity index (χ1n) is 11.8.